The smallest absolute Gasteiger partial charge is 0.0165 e. The molecule has 0 amide bonds. The van der Waals surface area contributed by atoms with Gasteiger partial charge in [-0.15, -0.1) is 0 Å². The molecule has 1 saturated heterocycles. The second-order valence-electron chi connectivity index (χ2n) is 4.71. The van der Waals surface area contributed by atoms with Gasteiger partial charge in [0.05, 0.1) is 0 Å². The molecule has 16 heavy (non-hydrogen) atoms. The number of hydrogen-bond donors (Lipinski definition) is 1. The number of hydrogen-bond acceptors (Lipinski definition) is 1. The summed E-state index contributed by atoms with van der Waals surface area (Å²) in [6.45, 7) is 2.25. The molecule has 1 spiro atoms. The summed E-state index contributed by atoms with van der Waals surface area (Å²) < 4.78 is 0. The quantitative estimate of drug-likeness (QED) is 0.695. The second kappa shape index (κ2) is 3.91. The van der Waals surface area contributed by atoms with Crippen molar-refractivity contribution in [2.75, 3.05) is 13.1 Å². The van der Waals surface area contributed by atoms with E-state index in [1.807, 2.05) is 0 Å². The van der Waals surface area contributed by atoms with Crippen LogP contribution in [0.25, 0.3) is 6.08 Å². The van der Waals surface area contributed by atoms with E-state index in [4.69, 9.17) is 0 Å². The van der Waals surface area contributed by atoms with E-state index >= 15 is 0 Å². The molecule has 0 unspecified atom stereocenters. The standard InChI is InChI=1S/C15H17N/c1-2-7-14-13(5-1)6-3-4-8-15(14)9-11-16-12-10-15/h1-8,16H,9-12H2. The zero-order valence-electron chi connectivity index (χ0n) is 9.45. The van der Waals surface area contributed by atoms with E-state index in [-0.39, 0.29) is 5.41 Å². The molecule has 0 saturated carbocycles. The van der Waals surface area contributed by atoms with Crippen LogP contribution in [0.3, 0.4) is 0 Å². The molecule has 2 aliphatic rings. The van der Waals surface area contributed by atoms with E-state index in [2.05, 4.69) is 53.9 Å². The molecule has 1 heterocycles. The van der Waals surface area contributed by atoms with Gasteiger partial charge in [-0.1, -0.05) is 48.6 Å². The first-order chi connectivity index (χ1) is 7.91. The first-order valence-corrected chi connectivity index (χ1v) is 6.07. The lowest BCUT2D eigenvalue weighted by atomic mass is 9.72. The van der Waals surface area contributed by atoms with Crippen LogP contribution >= 0.6 is 0 Å². The molecule has 1 aromatic carbocycles. The number of fused-ring (bicyclic) bond motifs is 2. The molecular formula is C15H17N. The van der Waals surface area contributed by atoms with E-state index in [1.54, 1.807) is 0 Å². The van der Waals surface area contributed by atoms with Crippen LogP contribution in [0.2, 0.25) is 0 Å². The normalized spacial score (nSPS) is 21.8. The van der Waals surface area contributed by atoms with Crippen molar-refractivity contribution in [2.45, 2.75) is 18.3 Å². The lowest BCUT2D eigenvalue weighted by Gasteiger charge is -2.36. The Morgan fingerprint density at radius 1 is 1.00 bits per heavy atom. The monoisotopic (exact) mass is 211 g/mol. The van der Waals surface area contributed by atoms with Gasteiger partial charge < -0.3 is 5.32 Å². The van der Waals surface area contributed by atoms with Gasteiger partial charge in [0.15, 0.2) is 0 Å². The Labute approximate surface area is 96.9 Å². The minimum Gasteiger partial charge on any atom is -0.317 e. The Bertz CT molecular complexity index is 437. The molecule has 82 valence electrons. The third-order valence-electron chi connectivity index (χ3n) is 3.80. The maximum atomic E-state index is 3.45. The molecule has 0 atom stereocenters. The lowest BCUT2D eigenvalue weighted by molar-refractivity contribution is 0.373. The van der Waals surface area contributed by atoms with Crippen LogP contribution in [0.4, 0.5) is 0 Å². The molecule has 1 aliphatic heterocycles. The molecule has 3 rings (SSSR count). The summed E-state index contributed by atoms with van der Waals surface area (Å²) in [4.78, 5) is 0. The number of piperidine rings is 1. The van der Waals surface area contributed by atoms with Gasteiger partial charge in [-0.2, -0.15) is 0 Å². The molecule has 1 fully saturated rings. The van der Waals surface area contributed by atoms with Crippen LogP contribution in [0, 0.1) is 0 Å². The maximum absolute atomic E-state index is 3.45. The number of nitrogens with one attached hydrogen (secondary N) is 1. The van der Waals surface area contributed by atoms with Crippen molar-refractivity contribution in [1.29, 1.82) is 0 Å². The Balaban J connectivity index is 2.13. The predicted octanol–water partition coefficient (Wildman–Crippen LogP) is 2.89. The zero-order valence-corrected chi connectivity index (χ0v) is 9.45. The van der Waals surface area contributed by atoms with Crippen molar-refractivity contribution in [3.63, 3.8) is 0 Å². The summed E-state index contributed by atoms with van der Waals surface area (Å²) in [5.74, 6) is 0. The summed E-state index contributed by atoms with van der Waals surface area (Å²) in [5.41, 5.74) is 3.15. The van der Waals surface area contributed by atoms with Gasteiger partial charge in [-0.25, -0.2) is 0 Å². The minimum atomic E-state index is 0.269. The van der Waals surface area contributed by atoms with E-state index < -0.39 is 0 Å². The van der Waals surface area contributed by atoms with Gasteiger partial charge in [0.1, 0.15) is 0 Å². The summed E-state index contributed by atoms with van der Waals surface area (Å²) in [5, 5.41) is 3.45. The van der Waals surface area contributed by atoms with Crippen molar-refractivity contribution in [3.8, 4) is 0 Å². The summed E-state index contributed by atoms with van der Waals surface area (Å²) >= 11 is 0. The first kappa shape index (κ1) is 9.86. The molecule has 1 nitrogen and oxygen atoms in total. The van der Waals surface area contributed by atoms with Crippen LogP contribution < -0.4 is 5.32 Å². The first-order valence-electron chi connectivity index (χ1n) is 6.07. The highest BCUT2D eigenvalue weighted by Gasteiger charge is 2.32. The average molecular weight is 211 g/mol. The van der Waals surface area contributed by atoms with Gasteiger partial charge in [0.2, 0.25) is 0 Å². The zero-order chi connectivity index (χ0) is 10.8. The molecule has 1 N–H and O–H groups in total. The number of benzene rings is 1. The fourth-order valence-corrected chi connectivity index (χ4v) is 2.89. The summed E-state index contributed by atoms with van der Waals surface area (Å²) in [6.07, 6.45) is 11.4. The fourth-order valence-electron chi connectivity index (χ4n) is 2.89. The molecular weight excluding hydrogens is 194 g/mol. The molecule has 0 bridgehead atoms. The highest BCUT2D eigenvalue weighted by Crippen LogP contribution is 2.38. The van der Waals surface area contributed by atoms with E-state index in [0.717, 1.165) is 13.1 Å². The van der Waals surface area contributed by atoms with Crippen LogP contribution in [-0.2, 0) is 5.41 Å². The van der Waals surface area contributed by atoms with Crippen molar-refractivity contribution < 1.29 is 0 Å². The van der Waals surface area contributed by atoms with Gasteiger partial charge in [0, 0.05) is 5.41 Å². The lowest BCUT2D eigenvalue weighted by Crippen LogP contribution is -2.38. The third-order valence-corrected chi connectivity index (χ3v) is 3.80. The van der Waals surface area contributed by atoms with Crippen LogP contribution in [0.15, 0.2) is 42.5 Å². The number of allylic oxidation sites excluding steroid dienone is 3. The Hall–Kier alpha value is -1.34. The Morgan fingerprint density at radius 2 is 1.81 bits per heavy atom. The summed E-state index contributed by atoms with van der Waals surface area (Å²) in [6, 6.07) is 8.81. The largest absolute Gasteiger partial charge is 0.317 e. The molecule has 1 heteroatoms. The van der Waals surface area contributed by atoms with Crippen molar-refractivity contribution in [1.82, 2.24) is 5.32 Å². The van der Waals surface area contributed by atoms with Gasteiger partial charge in [-0.3, -0.25) is 0 Å². The second-order valence-corrected chi connectivity index (χ2v) is 4.71. The average Bonchev–Trinajstić information content (AvgIpc) is 2.52. The SMILES string of the molecule is C1=Cc2ccccc2C2(C=C1)CCNCC2. The van der Waals surface area contributed by atoms with E-state index in [1.165, 1.54) is 24.0 Å². The van der Waals surface area contributed by atoms with Gasteiger partial charge >= 0.3 is 0 Å². The molecule has 0 aromatic heterocycles. The maximum Gasteiger partial charge on any atom is 0.0165 e. The topological polar surface area (TPSA) is 12.0 Å². The molecule has 1 aromatic rings. The predicted molar refractivity (Wildman–Crippen MR) is 68.4 cm³/mol. The van der Waals surface area contributed by atoms with Gasteiger partial charge in [-0.05, 0) is 37.1 Å². The highest BCUT2D eigenvalue weighted by atomic mass is 14.9. The van der Waals surface area contributed by atoms with Crippen molar-refractivity contribution in [3.05, 3.63) is 53.6 Å². The Morgan fingerprint density at radius 3 is 2.69 bits per heavy atom. The molecule has 1 aliphatic carbocycles. The number of rotatable bonds is 0. The van der Waals surface area contributed by atoms with Crippen LogP contribution in [0.5, 0.6) is 0 Å². The van der Waals surface area contributed by atoms with Crippen molar-refractivity contribution >= 4 is 6.08 Å². The fraction of sp³-hybridized carbons (Fsp3) is 0.333. The third kappa shape index (κ3) is 1.52. The van der Waals surface area contributed by atoms with E-state index in [9.17, 15) is 0 Å². The highest BCUT2D eigenvalue weighted by molar-refractivity contribution is 5.60. The summed E-state index contributed by atoms with van der Waals surface area (Å²) in [7, 11) is 0. The van der Waals surface area contributed by atoms with Crippen LogP contribution in [-0.4, -0.2) is 13.1 Å². The van der Waals surface area contributed by atoms with Gasteiger partial charge in [0.25, 0.3) is 0 Å². The van der Waals surface area contributed by atoms with E-state index in [0.29, 0.717) is 0 Å². The minimum absolute atomic E-state index is 0.269. The Kier molecular flexibility index (Phi) is 2.41. The van der Waals surface area contributed by atoms with Crippen molar-refractivity contribution in [2.24, 2.45) is 0 Å². The van der Waals surface area contributed by atoms with Crippen LogP contribution in [0.1, 0.15) is 24.0 Å². The molecule has 0 radical (unpaired) electrons.